The number of benzene rings is 1. The van der Waals surface area contributed by atoms with E-state index in [4.69, 9.17) is 22.1 Å². The number of ether oxygens (including phenoxy) is 1. The lowest BCUT2D eigenvalue weighted by Gasteiger charge is -2.10. The molecule has 1 aromatic heterocycles. The summed E-state index contributed by atoms with van der Waals surface area (Å²) in [6, 6.07) is 5.47. The Morgan fingerprint density at radius 2 is 2.29 bits per heavy atom. The Balaban J connectivity index is 2.35. The van der Waals surface area contributed by atoms with Gasteiger partial charge >= 0.3 is 0 Å². The second kappa shape index (κ2) is 5.11. The molecular weight excluding hydrogens is 242 g/mol. The van der Waals surface area contributed by atoms with Crippen molar-refractivity contribution in [2.75, 3.05) is 7.11 Å². The van der Waals surface area contributed by atoms with Crippen LogP contribution in [0.4, 0.5) is 0 Å². The number of rotatable bonds is 4. The first-order valence-corrected chi connectivity index (χ1v) is 5.40. The van der Waals surface area contributed by atoms with E-state index in [0.29, 0.717) is 23.1 Å². The number of halogens is 1. The van der Waals surface area contributed by atoms with Gasteiger partial charge in [-0.15, -0.1) is 5.10 Å². The van der Waals surface area contributed by atoms with Gasteiger partial charge in [-0.1, -0.05) is 17.7 Å². The van der Waals surface area contributed by atoms with Crippen LogP contribution < -0.4 is 10.5 Å². The van der Waals surface area contributed by atoms with Crippen LogP contribution >= 0.6 is 11.6 Å². The van der Waals surface area contributed by atoms with Gasteiger partial charge in [0.15, 0.2) is 5.82 Å². The van der Waals surface area contributed by atoms with Crippen molar-refractivity contribution >= 4 is 11.6 Å². The van der Waals surface area contributed by atoms with E-state index in [1.165, 1.54) is 0 Å². The molecule has 0 fully saturated rings. The Kier molecular flexibility index (Phi) is 3.55. The number of hydrogen-bond donors (Lipinski definition) is 1. The number of tetrazole rings is 1. The van der Waals surface area contributed by atoms with E-state index in [1.54, 1.807) is 17.9 Å². The smallest absolute Gasteiger partial charge is 0.165 e. The quantitative estimate of drug-likeness (QED) is 0.874. The molecule has 0 unspecified atom stereocenters. The summed E-state index contributed by atoms with van der Waals surface area (Å²) in [5, 5.41) is 11.9. The summed E-state index contributed by atoms with van der Waals surface area (Å²) in [4.78, 5) is 0. The minimum atomic E-state index is 0.278. The number of nitrogens with two attached hydrogens (primary N) is 1. The van der Waals surface area contributed by atoms with Gasteiger partial charge in [-0.3, -0.25) is 0 Å². The van der Waals surface area contributed by atoms with Crippen LogP contribution in [-0.2, 0) is 13.1 Å². The van der Waals surface area contributed by atoms with Gasteiger partial charge in [0, 0.05) is 10.6 Å². The van der Waals surface area contributed by atoms with Crippen LogP contribution in [0.1, 0.15) is 11.4 Å². The highest BCUT2D eigenvalue weighted by atomic mass is 35.5. The maximum Gasteiger partial charge on any atom is 0.165 e. The summed E-state index contributed by atoms with van der Waals surface area (Å²) >= 11 is 6.13. The van der Waals surface area contributed by atoms with Crippen molar-refractivity contribution in [1.29, 1.82) is 0 Å². The number of nitrogens with zero attached hydrogens (tertiary/aromatic N) is 4. The van der Waals surface area contributed by atoms with Crippen LogP contribution in [0.2, 0.25) is 5.02 Å². The van der Waals surface area contributed by atoms with Gasteiger partial charge in [-0.05, 0) is 22.6 Å². The minimum Gasteiger partial charge on any atom is -0.496 e. The van der Waals surface area contributed by atoms with Crippen LogP contribution in [0.25, 0.3) is 0 Å². The lowest BCUT2D eigenvalue weighted by atomic mass is 10.2. The summed E-state index contributed by atoms with van der Waals surface area (Å²) in [6.07, 6.45) is 0. The third-order valence-electron chi connectivity index (χ3n) is 2.39. The third kappa shape index (κ3) is 2.37. The van der Waals surface area contributed by atoms with E-state index in [-0.39, 0.29) is 6.54 Å². The number of methoxy groups -OCH3 is 1. The molecule has 0 atom stereocenters. The highest BCUT2D eigenvalue weighted by molar-refractivity contribution is 6.31. The molecule has 90 valence electrons. The summed E-state index contributed by atoms with van der Waals surface area (Å²) in [6.45, 7) is 0.710. The van der Waals surface area contributed by atoms with Crippen LogP contribution in [-0.4, -0.2) is 27.3 Å². The van der Waals surface area contributed by atoms with Crippen LogP contribution in [0, 0.1) is 0 Å². The Labute approximate surface area is 103 Å². The third-order valence-corrected chi connectivity index (χ3v) is 2.75. The average Bonchev–Trinajstić information content (AvgIpc) is 2.79. The Morgan fingerprint density at radius 1 is 1.47 bits per heavy atom. The van der Waals surface area contributed by atoms with Crippen molar-refractivity contribution in [3.8, 4) is 5.75 Å². The van der Waals surface area contributed by atoms with Crippen molar-refractivity contribution in [3.63, 3.8) is 0 Å². The van der Waals surface area contributed by atoms with Crippen molar-refractivity contribution in [2.24, 2.45) is 5.73 Å². The molecule has 17 heavy (non-hydrogen) atoms. The van der Waals surface area contributed by atoms with Crippen molar-refractivity contribution in [2.45, 2.75) is 13.1 Å². The molecule has 0 aliphatic heterocycles. The zero-order valence-electron chi connectivity index (χ0n) is 9.30. The summed E-state index contributed by atoms with van der Waals surface area (Å²) < 4.78 is 6.85. The predicted octanol–water partition coefficient (Wildman–Crippen LogP) is 0.842. The molecule has 0 amide bonds. The fraction of sp³-hybridized carbons (Fsp3) is 0.300. The lowest BCUT2D eigenvalue weighted by Crippen LogP contribution is -2.11. The first-order valence-electron chi connectivity index (χ1n) is 5.02. The standard InChI is InChI=1S/C10H12ClN5O/c1-17-9-4-2-3-8(11)7(9)6-16-10(5-12)13-14-15-16/h2-4H,5-6,12H2,1H3. The molecule has 1 heterocycles. The molecule has 0 saturated carbocycles. The largest absolute Gasteiger partial charge is 0.496 e. The zero-order chi connectivity index (χ0) is 12.3. The molecule has 0 saturated heterocycles. The maximum atomic E-state index is 6.13. The van der Waals surface area contributed by atoms with Gasteiger partial charge < -0.3 is 10.5 Å². The molecular formula is C10H12ClN5O. The first-order chi connectivity index (χ1) is 8.26. The van der Waals surface area contributed by atoms with E-state index in [0.717, 1.165) is 5.56 Å². The first kappa shape index (κ1) is 11.8. The maximum absolute atomic E-state index is 6.13. The molecule has 2 rings (SSSR count). The van der Waals surface area contributed by atoms with E-state index < -0.39 is 0 Å². The summed E-state index contributed by atoms with van der Waals surface area (Å²) in [5.74, 6) is 1.31. The number of hydrogen-bond acceptors (Lipinski definition) is 5. The fourth-order valence-electron chi connectivity index (χ4n) is 1.53. The van der Waals surface area contributed by atoms with Crippen LogP contribution in [0.5, 0.6) is 5.75 Å². The van der Waals surface area contributed by atoms with Gasteiger partial charge in [0.05, 0.1) is 20.2 Å². The lowest BCUT2D eigenvalue weighted by molar-refractivity contribution is 0.406. The molecule has 1 aromatic carbocycles. The van der Waals surface area contributed by atoms with Gasteiger partial charge in [0.25, 0.3) is 0 Å². The van der Waals surface area contributed by atoms with Crippen molar-refractivity contribution < 1.29 is 4.74 Å². The molecule has 0 spiro atoms. The molecule has 7 heteroatoms. The Bertz CT molecular complexity index is 513. The van der Waals surface area contributed by atoms with Crippen LogP contribution in [0.3, 0.4) is 0 Å². The summed E-state index contributed by atoms with van der Waals surface area (Å²) in [5.41, 5.74) is 6.36. The average molecular weight is 254 g/mol. The van der Waals surface area contributed by atoms with Gasteiger partial charge in [-0.2, -0.15) is 0 Å². The predicted molar refractivity (Wildman–Crippen MR) is 62.8 cm³/mol. The van der Waals surface area contributed by atoms with Crippen LogP contribution in [0.15, 0.2) is 18.2 Å². The normalized spacial score (nSPS) is 10.5. The van der Waals surface area contributed by atoms with E-state index in [9.17, 15) is 0 Å². The zero-order valence-corrected chi connectivity index (χ0v) is 10.1. The van der Waals surface area contributed by atoms with Crippen molar-refractivity contribution in [1.82, 2.24) is 20.2 Å². The summed E-state index contributed by atoms with van der Waals surface area (Å²) in [7, 11) is 1.60. The molecule has 0 radical (unpaired) electrons. The molecule has 2 N–H and O–H groups in total. The SMILES string of the molecule is COc1cccc(Cl)c1Cn1nnnc1CN. The minimum absolute atomic E-state index is 0.278. The Morgan fingerprint density at radius 3 is 3.00 bits per heavy atom. The molecule has 0 aliphatic rings. The van der Waals surface area contributed by atoms with Crippen molar-refractivity contribution in [3.05, 3.63) is 34.6 Å². The topological polar surface area (TPSA) is 78.8 Å². The second-order valence-corrected chi connectivity index (χ2v) is 3.78. The molecule has 2 aromatic rings. The fourth-order valence-corrected chi connectivity index (χ4v) is 1.75. The highest BCUT2D eigenvalue weighted by Crippen LogP contribution is 2.26. The molecule has 0 bridgehead atoms. The van der Waals surface area contributed by atoms with Gasteiger partial charge in [0.2, 0.25) is 0 Å². The molecule has 6 nitrogen and oxygen atoms in total. The van der Waals surface area contributed by atoms with E-state index >= 15 is 0 Å². The highest BCUT2D eigenvalue weighted by Gasteiger charge is 2.11. The second-order valence-electron chi connectivity index (χ2n) is 3.38. The Hall–Kier alpha value is -1.66. The number of aromatic nitrogens is 4. The monoisotopic (exact) mass is 253 g/mol. The van der Waals surface area contributed by atoms with Gasteiger partial charge in [0.1, 0.15) is 5.75 Å². The molecule has 0 aliphatic carbocycles. The van der Waals surface area contributed by atoms with Gasteiger partial charge in [-0.25, -0.2) is 4.68 Å². The van der Waals surface area contributed by atoms with E-state index in [1.807, 2.05) is 12.1 Å². The van der Waals surface area contributed by atoms with E-state index in [2.05, 4.69) is 15.5 Å².